The number of hydrogen-bond donors (Lipinski definition) is 1. The number of imidazole rings is 1. The molecule has 0 amide bonds. The van der Waals surface area contributed by atoms with Crippen molar-refractivity contribution in [1.82, 2.24) is 9.55 Å². The van der Waals surface area contributed by atoms with Crippen molar-refractivity contribution in [3.05, 3.63) is 28.8 Å². The summed E-state index contributed by atoms with van der Waals surface area (Å²) in [5, 5.41) is 0.567. The third kappa shape index (κ3) is 2.33. The summed E-state index contributed by atoms with van der Waals surface area (Å²) in [6.07, 6.45) is 0. The molecule has 0 radical (unpaired) electrons. The highest BCUT2D eigenvalue weighted by atomic mass is 32.2. The summed E-state index contributed by atoms with van der Waals surface area (Å²) in [6, 6.07) is 5.12. The molecule has 1 fully saturated rings. The largest absolute Gasteiger partial charge is 0.328 e. The quantitative estimate of drug-likeness (QED) is 0.855. The SMILES string of the molecule is Fc1cccc2c1[nH]c(=S)n2CC1CSCCS1. The Morgan fingerprint density at radius 2 is 2.33 bits per heavy atom. The predicted octanol–water partition coefficient (Wildman–Crippen LogP) is 3.69. The molecule has 0 saturated carbocycles. The summed E-state index contributed by atoms with van der Waals surface area (Å²) in [5.41, 5.74) is 1.40. The molecule has 1 saturated heterocycles. The van der Waals surface area contributed by atoms with Crippen LogP contribution in [0.15, 0.2) is 18.2 Å². The van der Waals surface area contributed by atoms with E-state index in [2.05, 4.69) is 4.98 Å². The van der Waals surface area contributed by atoms with Crippen LogP contribution >= 0.6 is 35.7 Å². The highest BCUT2D eigenvalue weighted by Gasteiger charge is 2.17. The number of rotatable bonds is 2. The summed E-state index contributed by atoms with van der Waals surface area (Å²) in [4.78, 5) is 2.97. The van der Waals surface area contributed by atoms with Crippen LogP contribution < -0.4 is 0 Å². The smallest absolute Gasteiger partial charge is 0.178 e. The van der Waals surface area contributed by atoms with Crippen LogP contribution in [0.5, 0.6) is 0 Å². The summed E-state index contributed by atoms with van der Waals surface area (Å²) in [6.45, 7) is 0.861. The number of aromatic nitrogens is 2. The van der Waals surface area contributed by atoms with Crippen molar-refractivity contribution in [3.63, 3.8) is 0 Å². The van der Waals surface area contributed by atoms with Gasteiger partial charge in [-0.2, -0.15) is 23.5 Å². The Morgan fingerprint density at radius 3 is 3.11 bits per heavy atom. The van der Waals surface area contributed by atoms with Gasteiger partial charge in [0.05, 0.1) is 5.52 Å². The van der Waals surface area contributed by atoms with Crippen molar-refractivity contribution in [3.8, 4) is 0 Å². The van der Waals surface area contributed by atoms with Crippen molar-refractivity contribution < 1.29 is 4.39 Å². The molecule has 2 nitrogen and oxygen atoms in total. The number of nitrogens with one attached hydrogen (secondary N) is 1. The Hall–Kier alpha value is -0.460. The molecule has 2 heterocycles. The van der Waals surface area contributed by atoms with Crippen LogP contribution in [0.3, 0.4) is 0 Å². The van der Waals surface area contributed by atoms with E-state index in [1.54, 1.807) is 6.07 Å². The summed E-state index contributed by atoms with van der Waals surface area (Å²) in [7, 11) is 0. The van der Waals surface area contributed by atoms with Crippen LogP contribution in [0, 0.1) is 10.6 Å². The van der Waals surface area contributed by atoms with E-state index in [1.807, 2.05) is 34.2 Å². The minimum absolute atomic E-state index is 0.233. The van der Waals surface area contributed by atoms with E-state index >= 15 is 0 Å². The lowest BCUT2D eigenvalue weighted by Gasteiger charge is -2.21. The molecule has 96 valence electrons. The first kappa shape index (κ1) is 12.6. The molecule has 1 unspecified atom stereocenters. The van der Waals surface area contributed by atoms with Gasteiger partial charge in [0.15, 0.2) is 4.77 Å². The van der Waals surface area contributed by atoms with Gasteiger partial charge in [-0.05, 0) is 24.4 Å². The monoisotopic (exact) mass is 300 g/mol. The average Bonchev–Trinajstić information content (AvgIpc) is 2.70. The number of halogens is 1. The average molecular weight is 300 g/mol. The summed E-state index contributed by atoms with van der Waals surface area (Å²) < 4.78 is 16.3. The molecule has 1 N–H and O–H groups in total. The highest BCUT2D eigenvalue weighted by molar-refractivity contribution is 8.06. The Bertz CT molecular complexity index is 613. The van der Waals surface area contributed by atoms with E-state index in [0.717, 1.165) is 17.8 Å². The van der Waals surface area contributed by atoms with Gasteiger partial charge < -0.3 is 9.55 Å². The minimum atomic E-state index is -0.233. The number of nitrogens with zero attached hydrogens (tertiary/aromatic N) is 1. The first-order valence-electron chi connectivity index (χ1n) is 5.82. The second-order valence-corrected chi connectivity index (χ2v) is 7.19. The van der Waals surface area contributed by atoms with Crippen molar-refractivity contribution in [1.29, 1.82) is 0 Å². The van der Waals surface area contributed by atoms with Crippen molar-refractivity contribution >= 4 is 46.8 Å². The van der Waals surface area contributed by atoms with Gasteiger partial charge >= 0.3 is 0 Å². The third-order valence-corrected chi connectivity index (χ3v) is 6.18. The first-order chi connectivity index (χ1) is 8.75. The highest BCUT2D eigenvalue weighted by Crippen LogP contribution is 2.27. The maximum atomic E-state index is 13.7. The van der Waals surface area contributed by atoms with E-state index in [9.17, 15) is 4.39 Å². The maximum Gasteiger partial charge on any atom is 0.178 e. The molecule has 0 bridgehead atoms. The number of fused-ring (bicyclic) bond motifs is 1. The molecule has 1 aromatic carbocycles. The molecule has 1 aliphatic heterocycles. The number of aromatic amines is 1. The lowest BCUT2D eigenvalue weighted by atomic mass is 10.3. The van der Waals surface area contributed by atoms with Crippen molar-refractivity contribution in [2.45, 2.75) is 11.8 Å². The zero-order valence-corrected chi connectivity index (χ0v) is 12.1. The summed E-state index contributed by atoms with van der Waals surface area (Å²) in [5.74, 6) is 3.34. The molecule has 2 aromatic rings. The first-order valence-corrected chi connectivity index (χ1v) is 8.43. The lowest BCUT2D eigenvalue weighted by molar-refractivity contribution is 0.637. The van der Waals surface area contributed by atoms with Crippen molar-refractivity contribution in [2.24, 2.45) is 0 Å². The fourth-order valence-corrected chi connectivity index (χ4v) is 5.10. The number of benzene rings is 1. The molecular weight excluding hydrogens is 287 g/mol. The van der Waals surface area contributed by atoms with Crippen LogP contribution in [-0.2, 0) is 6.54 Å². The van der Waals surface area contributed by atoms with E-state index in [-0.39, 0.29) is 5.82 Å². The topological polar surface area (TPSA) is 20.7 Å². The van der Waals surface area contributed by atoms with E-state index in [4.69, 9.17) is 12.2 Å². The van der Waals surface area contributed by atoms with Gasteiger partial charge in [0.2, 0.25) is 0 Å². The number of H-pyrrole nitrogens is 1. The molecule has 0 aliphatic carbocycles. The van der Waals surface area contributed by atoms with Gasteiger partial charge in [-0.1, -0.05) is 6.07 Å². The second-order valence-electron chi connectivity index (χ2n) is 4.24. The molecule has 18 heavy (non-hydrogen) atoms. The predicted molar refractivity (Wildman–Crippen MR) is 80.7 cm³/mol. The van der Waals surface area contributed by atoms with Crippen LogP contribution in [-0.4, -0.2) is 32.1 Å². The van der Waals surface area contributed by atoms with Crippen LogP contribution in [0.2, 0.25) is 0 Å². The van der Waals surface area contributed by atoms with Crippen LogP contribution in [0.25, 0.3) is 11.0 Å². The molecule has 1 atom stereocenters. The third-order valence-electron chi connectivity index (χ3n) is 3.03. The van der Waals surface area contributed by atoms with E-state index in [0.29, 0.717) is 15.5 Å². The van der Waals surface area contributed by atoms with E-state index in [1.165, 1.54) is 17.6 Å². The van der Waals surface area contributed by atoms with E-state index < -0.39 is 0 Å². The molecule has 3 rings (SSSR count). The fraction of sp³-hybridized carbons (Fsp3) is 0.417. The van der Waals surface area contributed by atoms with Gasteiger partial charge in [0.25, 0.3) is 0 Å². The maximum absolute atomic E-state index is 13.7. The molecule has 6 heteroatoms. The van der Waals surface area contributed by atoms with Crippen LogP contribution in [0.4, 0.5) is 4.39 Å². The van der Waals surface area contributed by atoms with Gasteiger partial charge in [0.1, 0.15) is 11.3 Å². The molecule has 1 aliphatic rings. The number of thioether (sulfide) groups is 2. The standard InChI is InChI=1S/C12H13FN2S3/c13-9-2-1-3-10-11(9)14-12(16)15(10)6-8-7-17-4-5-18-8/h1-3,8H,4-7H2,(H,14,16). The number of para-hydroxylation sites is 1. The zero-order valence-electron chi connectivity index (χ0n) is 9.69. The zero-order chi connectivity index (χ0) is 12.5. The van der Waals surface area contributed by atoms with Gasteiger partial charge in [0, 0.05) is 29.1 Å². The van der Waals surface area contributed by atoms with Crippen LogP contribution in [0.1, 0.15) is 0 Å². The van der Waals surface area contributed by atoms with Gasteiger partial charge in [-0.15, -0.1) is 0 Å². The Balaban J connectivity index is 1.98. The van der Waals surface area contributed by atoms with Gasteiger partial charge in [-0.3, -0.25) is 0 Å². The molecule has 0 spiro atoms. The Morgan fingerprint density at radius 1 is 1.44 bits per heavy atom. The normalized spacial score (nSPS) is 20.4. The number of hydrogen-bond acceptors (Lipinski definition) is 3. The molecule has 1 aromatic heterocycles. The van der Waals surface area contributed by atoms with Crippen molar-refractivity contribution in [2.75, 3.05) is 17.3 Å². The molecular formula is C12H13FN2S3. The lowest BCUT2D eigenvalue weighted by Crippen LogP contribution is -2.20. The fourth-order valence-electron chi connectivity index (χ4n) is 2.17. The Labute approximate surface area is 118 Å². The van der Waals surface area contributed by atoms with Gasteiger partial charge in [-0.25, -0.2) is 4.39 Å². The minimum Gasteiger partial charge on any atom is -0.328 e. The second kappa shape index (κ2) is 5.27. The Kier molecular flexibility index (Phi) is 3.68. The summed E-state index contributed by atoms with van der Waals surface area (Å²) >= 11 is 9.28.